The Bertz CT molecular complexity index is 1370. The third kappa shape index (κ3) is 5.74. The smallest absolute Gasteiger partial charge is 0.224 e. The highest BCUT2D eigenvalue weighted by atomic mass is 35.5. The van der Waals surface area contributed by atoms with Crippen molar-refractivity contribution in [3.05, 3.63) is 82.6 Å². The lowest BCUT2D eigenvalue weighted by atomic mass is 10.1. The van der Waals surface area contributed by atoms with E-state index >= 15 is 0 Å². The zero-order valence-corrected chi connectivity index (χ0v) is 21.6. The number of carbonyl (C=O) groups excluding carboxylic acids is 1. The lowest BCUT2D eigenvalue weighted by Gasteiger charge is -2.17. The van der Waals surface area contributed by atoms with Gasteiger partial charge >= 0.3 is 0 Å². The summed E-state index contributed by atoms with van der Waals surface area (Å²) >= 11 is 6.12. The number of amides is 1. The number of hydrogen-bond acceptors (Lipinski definition) is 5. The molecule has 1 N–H and O–H groups in total. The average molecular weight is 508 g/mol. The summed E-state index contributed by atoms with van der Waals surface area (Å²) in [5.74, 6) is 2.64. The molecular formula is C28H30ClN3O4. The molecule has 0 aliphatic heterocycles. The third-order valence-corrected chi connectivity index (χ3v) is 6.40. The van der Waals surface area contributed by atoms with Gasteiger partial charge in [-0.15, -0.1) is 0 Å². The molecule has 0 aliphatic carbocycles. The lowest BCUT2D eigenvalue weighted by molar-refractivity contribution is -0.121. The first-order valence-corrected chi connectivity index (χ1v) is 12.1. The van der Waals surface area contributed by atoms with Crippen LogP contribution in [0.2, 0.25) is 5.02 Å². The van der Waals surface area contributed by atoms with E-state index in [4.69, 9.17) is 30.8 Å². The van der Waals surface area contributed by atoms with Crippen molar-refractivity contribution in [3.63, 3.8) is 0 Å². The van der Waals surface area contributed by atoms with Crippen molar-refractivity contribution in [2.75, 3.05) is 20.8 Å². The predicted molar refractivity (Wildman–Crippen MR) is 141 cm³/mol. The number of halogens is 1. The summed E-state index contributed by atoms with van der Waals surface area (Å²) in [6, 6.07) is 18.7. The quantitative estimate of drug-likeness (QED) is 0.306. The molecule has 1 atom stereocenters. The highest BCUT2D eigenvalue weighted by molar-refractivity contribution is 6.31. The number of carbonyl (C=O) groups is 1. The maximum absolute atomic E-state index is 12.9. The van der Waals surface area contributed by atoms with Crippen LogP contribution in [-0.4, -0.2) is 36.3 Å². The van der Waals surface area contributed by atoms with Crippen molar-refractivity contribution in [1.82, 2.24) is 14.9 Å². The summed E-state index contributed by atoms with van der Waals surface area (Å²) in [4.78, 5) is 17.7. The number of methoxy groups -OCH3 is 2. The maximum atomic E-state index is 12.9. The molecule has 188 valence electrons. The van der Waals surface area contributed by atoms with Gasteiger partial charge in [0.1, 0.15) is 18.2 Å². The molecule has 0 saturated heterocycles. The zero-order chi connectivity index (χ0) is 25.7. The molecule has 36 heavy (non-hydrogen) atoms. The molecule has 0 aliphatic rings. The van der Waals surface area contributed by atoms with Gasteiger partial charge in [-0.2, -0.15) is 0 Å². The minimum absolute atomic E-state index is 0.110. The van der Waals surface area contributed by atoms with Crippen LogP contribution in [-0.2, 0) is 17.8 Å². The van der Waals surface area contributed by atoms with E-state index in [-0.39, 0.29) is 18.4 Å². The molecule has 0 radical (unpaired) electrons. The van der Waals surface area contributed by atoms with E-state index in [2.05, 4.69) is 9.88 Å². The Morgan fingerprint density at radius 2 is 1.83 bits per heavy atom. The van der Waals surface area contributed by atoms with Gasteiger partial charge in [0.15, 0.2) is 11.5 Å². The van der Waals surface area contributed by atoms with E-state index in [0.29, 0.717) is 29.7 Å². The Labute approximate surface area is 216 Å². The van der Waals surface area contributed by atoms with Crippen LogP contribution in [0.25, 0.3) is 11.0 Å². The lowest BCUT2D eigenvalue weighted by Crippen LogP contribution is -2.30. The van der Waals surface area contributed by atoms with Gasteiger partial charge in [-0.3, -0.25) is 4.79 Å². The summed E-state index contributed by atoms with van der Waals surface area (Å²) in [5, 5.41) is 3.80. The van der Waals surface area contributed by atoms with Crippen LogP contribution in [0.3, 0.4) is 0 Å². The topological polar surface area (TPSA) is 74.6 Å². The summed E-state index contributed by atoms with van der Waals surface area (Å²) in [7, 11) is 3.16. The molecule has 1 amide bonds. The van der Waals surface area contributed by atoms with Crippen LogP contribution in [0.15, 0.2) is 60.7 Å². The normalized spacial score (nSPS) is 11.8. The number of imidazole rings is 1. The molecule has 1 heterocycles. The molecule has 4 aromatic rings. The second-order valence-electron chi connectivity index (χ2n) is 8.53. The molecule has 3 aromatic carbocycles. The summed E-state index contributed by atoms with van der Waals surface area (Å²) < 4.78 is 18.7. The Hall–Kier alpha value is -3.71. The Balaban J connectivity index is 1.47. The predicted octanol–water partition coefficient (Wildman–Crippen LogP) is 5.51. The van der Waals surface area contributed by atoms with E-state index < -0.39 is 0 Å². The number of aryl methyl sites for hydroxylation is 1. The van der Waals surface area contributed by atoms with Gasteiger partial charge in [-0.05, 0) is 67.4 Å². The standard InChI is InChI=1S/C28H30ClN3O4/c1-18-15-21(10-11-22(18)29)36-14-13-32-24-8-6-5-7-23(24)31-28(32)19(2)30-27(33)17-20-9-12-25(34-3)26(16-20)35-4/h5-12,15-16,19H,13-14,17H2,1-4H3,(H,30,33). The summed E-state index contributed by atoms with van der Waals surface area (Å²) in [6.45, 7) is 4.91. The minimum Gasteiger partial charge on any atom is -0.493 e. The average Bonchev–Trinajstić information content (AvgIpc) is 3.25. The molecule has 8 heteroatoms. The number of aromatic nitrogens is 2. The van der Waals surface area contributed by atoms with Gasteiger partial charge < -0.3 is 24.1 Å². The monoisotopic (exact) mass is 507 g/mol. The number of ether oxygens (including phenoxy) is 3. The van der Waals surface area contributed by atoms with Gasteiger partial charge in [0.05, 0.1) is 44.3 Å². The first kappa shape index (κ1) is 25.4. The first-order valence-electron chi connectivity index (χ1n) is 11.7. The molecule has 0 spiro atoms. The fourth-order valence-corrected chi connectivity index (χ4v) is 4.27. The second-order valence-corrected chi connectivity index (χ2v) is 8.93. The number of rotatable bonds is 10. The SMILES string of the molecule is COc1ccc(CC(=O)NC(C)c2nc3ccccc3n2CCOc2ccc(Cl)c(C)c2)cc1OC. The van der Waals surface area contributed by atoms with Gasteiger partial charge in [0.2, 0.25) is 5.91 Å². The van der Waals surface area contributed by atoms with Crippen molar-refractivity contribution in [1.29, 1.82) is 0 Å². The third-order valence-electron chi connectivity index (χ3n) is 5.97. The van der Waals surface area contributed by atoms with Gasteiger partial charge in [0, 0.05) is 5.02 Å². The number of hydrogen-bond donors (Lipinski definition) is 1. The van der Waals surface area contributed by atoms with Crippen molar-refractivity contribution < 1.29 is 19.0 Å². The zero-order valence-electron chi connectivity index (χ0n) is 20.9. The van der Waals surface area contributed by atoms with Gasteiger partial charge in [0.25, 0.3) is 0 Å². The minimum atomic E-state index is -0.303. The fourth-order valence-electron chi connectivity index (χ4n) is 4.15. The molecular weight excluding hydrogens is 478 g/mol. The molecule has 7 nitrogen and oxygen atoms in total. The number of nitrogens with one attached hydrogen (secondary N) is 1. The maximum Gasteiger partial charge on any atom is 0.224 e. The fraction of sp³-hybridized carbons (Fsp3) is 0.286. The van der Waals surface area contributed by atoms with Crippen LogP contribution in [0.4, 0.5) is 0 Å². The summed E-state index contributed by atoms with van der Waals surface area (Å²) in [5.41, 5.74) is 3.66. The van der Waals surface area contributed by atoms with E-state index in [1.165, 1.54) is 0 Å². The molecule has 1 unspecified atom stereocenters. The highest BCUT2D eigenvalue weighted by Gasteiger charge is 2.19. The van der Waals surface area contributed by atoms with E-state index in [1.807, 2.05) is 68.4 Å². The number of benzene rings is 3. The van der Waals surface area contributed by atoms with Crippen LogP contribution in [0.1, 0.15) is 29.9 Å². The first-order chi connectivity index (χ1) is 17.4. The second kappa shape index (κ2) is 11.4. The number of fused-ring (bicyclic) bond motifs is 1. The van der Waals surface area contributed by atoms with Crippen LogP contribution in [0, 0.1) is 6.92 Å². The van der Waals surface area contributed by atoms with E-state index in [1.54, 1.807) is 20.3 Å². The Kier molecular flexibility index (Phi) is 8.00. The Morgan fingerprint density at radius 1 is 1.06 bits per heavy atom. The molecule has 1 aromatic heterocycles. The van der Waals surface area contributed by atoms with Crippen molar-refractivity contribution in [3.8, 4) is 17.2 Å². The van der Waals surface area contributed by atoms with Gasteiger partial charge in [-0.1, -0.05) is 29.8 Å². The van der Waals surface area contributed by atoms with Gasteiger partial charge in [-0.25, -0.2) is 4.98 Å². The van der Waals surface area contributed by atoms with Crippen LogP contribution in [0.5, 0.6) is 17.2 Å². The highest BCUT2D eigenvalue weighted by Crippen LogP contribution is 2.28. The summed E-state index contributed by atoms with van der Waals surface area (Å²) in [6.07, 6.45) is 0.212. The van der Waals surface area contributed by atoms with E-state index in [0.717, 1.165) is 33.7 Å². The van der Waals surface area contributed by atoms with Crippen LogP contribution >= 0.6 is 11.6 Å². The number of nitrogens with zero attached hydrogens (tertiary/aromatic N) is 2. The van der Waals surface area contributed by atoms with Crippen LogP contribution < -0.4 is 19.5 Å². The van der Waals surface area contributed by atoms with Crippen molar-refractivity contribution in [2.45, 2.75) is 32.9 Å². The molecule has 4 rings (SSSR count). The molecule has 0 fully saturated rings. The molecule has 0 saturated carbocycles. The number of para-hydroxylation sites is 2. The largest absolute Gasteiger partial charge is 0.493 e. The Morgan fingerprint density at radius 3 is 2.58 bits per heavy atom. The van der Waals surface area contributed by atoms with Crippen molar-refractivity contribution >= 4 is 28.5 Å². The molecule has 0 bridgehead atoms. The van der Waals surface area contributed by atoms with E-state index in [9.17, 15) is 4.79 Å². The van der Waals surface area contributed by atoms with Crippen molar-refractivity contribution in [2.24, 2.45) is 0 Å².